The average molecular weight is 605 g/mol. The zero-order valence-electron chi connectivity index (χ0n) is 22.9. The van der Waals surface area contributed by atoms with Gasteiger partial charge in [0.25, 0.3) is 0 Å². The third kappa shape index (κ3) is 5.59. The first-order valence-corrected chi connectivity index (χ1v) is 15.4. The molecule has 2 aromatic carbocycles. The van der Waals surface area contributed by atoms with Crippen LogP contribution in [0.15, 0.2) is 55.0 Å². The Kier molecular flexibility index (Phi) is 7.54. The fraction of sp³-hybridized carbons (Fsp3) is 0.323. The topological polar surface area (TPSA) is 88.3 Å². The van der Waals surface area contributed by atoms with Crippen molar-refractivity contribution in [1.29, 1.82) is 0 Å². The minimum Gasteiger partial charge on any atom is -0.487 e. The molecular formula is C31H30ClFN6O2S. The molecule has 11 heteroatoms. The number of nitrogens with one attached hydrogen (secondary N) is 1. The molecule has 42 heavy (non-hydrogen) atoms. The maximum atomic E-state index is 13.5. The van der Waals surface area contributed by atoms with Crippen molar-refractivity contribution in [1.82, 2.24) is 24.6 Å². The van der Waals surface area contributed by atoms with E-state index in [0.29, 0.717) is 23.9 Å². The van der Waals surface area contributed by atoms with Crippen LogP contribution in [0.3, 0.4) is 0 Å². The molecule has 0 radical (unpaired) electrons. The van der Waals surface area contributed by atoms with Gasteiger partial charge >= 0.3 is 0 Å². The highest BCUT2D eigenvalue weighted by atomic mass is 35.5. The van der Waals surface area contributed by atoms with Crippen LogP contribution in [-0.4, -0.2) is 55.5 Å². The fourth-order valence-corrected chi connectivity index (χ4v) is 7.33. The van der Waals surface area contributed by atoms with Crippen LogP contribution >= 0.6 is 22.9 Å². The Balaban J connectivity index is 1.10. The molecule has 2 N–H and O–H groups in total. The zero-order valence-corrected chi connectivity index (χ0v) is 24.5. The molecule has 8 nitrogen and oxygen atoms in total. The van der Waals surface area contributed by atoms with Gasteiger partial charge in [-0.2, -0.15) is 5.10 Å². The molecule has 0 saturated carbocycles. The standard InChI is InChI=1S/C31H30ClFN6O2S/c32-25-13-21(6-9-27(25)41-17-19-4-3-5-20(33)12-19)36-30-28-23-7-8-26-24(29(23)42-31(28)35-18-34-30)16-39(37-26)15-22(40)14-38-10-1-2-11-38/h3-6,9,12-13,16,18,22,40H,1-2,7-8,10-11,14-15,17H2,(H,34,35,36). The van der Waals surface area contributed by atoms with Gasteiger partial charge in [-0.1, -0.05) is 23.7 Å². The number of aliphatic hydroxyl groups is 1. The number of anilines is 2. The molecule has 0 amide bonds. The van der Waals surface area contributed by atoms with Crippen molar-refractivity contribution in [3.63, 3.8) is 0 Å². The largest absolute Gasteiger partial charge is 0.487 e. The summed E-state index contributed by atoms with van der Waals surface area (Å²) >= 11 is 8.20. The third-order valence-corrected chi connectivity index (χ3v) is 9.29. The van der Waals surface area contributed by atoms with E-state index < -0.39 is 6.10 Å². The van der Waals surface area contributed by atoms with Gasteiger partial charge in [0.1, 0.15) is 35.1 Å². The van der Waals surface area contributed by atoms with E-state index in [4.69, 9.17) is 21.4 Å². The normalized spacial score (nSPS) is 15.5. The van der Waals surface area contributed by atoms with Gasteiger partial charge in [0.05, 0.1) is 28.8 Å². The SMILES string of the molecule is OC(CN1CCCC1)Cn1cc2c(n1)CCc1c-2sc2ncnc(Nc3ccc(OCc4cccc(F)c4)c(Cl)c3)c12. The van der Waals surface area contributed by atoms with Crippen molar-refractivity contribution in [2.75, 3.05) is 25.0 Å². The molecular weight excluding hydrogens is 575 g/mol. The van der Waals surface area contributed by atoms with Crippen LogP contribution in [0, 0.1) is 5.82 Å². The van der Waals surface area contributed by atoms with Gasteiger partial charge in [-0.15, -0.1) is 11.3 Å². The molecule has 1 aliphatic carbocycles. The number of hydrogen-bond acceptors (Lipinski definition) is 8. The number of halogens is 2. The smallest absolute Gasteiger partial charge is 0.142 e. The first kappa shape index (κ1) is 27.3. The second-order valence-electron chi connectivity index (χ2n) is 10.9. The van der Waals surface area contributed by atoms with Crippen LogP contribution in [0.5, 0.6) is 5.75 Å². The van der Waals surface area contributed by atoms with Crippen molar-refractivity contribution < 1.29 is 14.2 Å². The summed E-state index contributed by atoms with van der Waals surface area (Å²) in [7, 11) is 0. The zero-order chi connectivity index (χ0) is 28.6. The Morgan fingerprint density at radius 1 is 1.10 bits per heavy atom. The number of fused-ring (bicyclic) bond motifs is 5. The number of likely N-dealkylation sites (tertiary alicyclic amines) is 1. The number of aryl methyl sites for hydroxylation is 2. The summed E-state index contributed by atoms with van der Waals surface area (Å²) in [5.41, 5.74) is 4.89. The number of nitrogens with zero attached hydrogens (tertiary/aromatic N) is 5. The minimum absolute atomic E-state index is 0.216. The molecule has 7 rings (SSSR count). The molecule has 4 heterocycles. The number of benzene rings is 2. The van der Waals surface area contributed by atoms with E-state index in [1.807, 2.05) is 16.8 Å². The lowest BCUT2D eigenvalue weighted by Crippen LogP contribution is -2.32. The molecule has 1 unspecified atom stereocenters. The number of hydrogen-bond donors (Lipinski definition) is 2. The number of aromatic nitrogens is 4. The maximum Gasteiger partial charge on any atom is 0.142 e. The van der Waals surface area contributed by atoms with Crippen LogP contribution in [0.1, 0.15) is 29.7 Å². The number of ether oxygens (including phenoxy) is 1. The van der Waals surface area contributed by atoms with Crippen LogP contribution in [0.2, 0.25) is 5.02 Å². The molecule has 1 aliphatic heterocycles. The Morgan fingerprint density at radius 2 is 1.98 bits per heavy atom. The highest BCUT2D eigenvalue weighted by molar-refractivity contribution is 7.22. The first-order valence-electron chi connectivity index (χ1n) is 14.2. The second kappa shape index (κ2) is 11.6. The van der Waals surface area contributed by atoms with Gasteiger partial charge in [0.2, 0.25) is 0 Å². The van der Waals surface area contributed by atoms with E-state index in [2.05, 4.69) is 26.4 Å². The average Bonchev–Trinajstić information content (AvgIpc) is 3.71. The van der Waals surface area contributed by atoms with E-state index in [0.717, 1.165) is 69.4 Å². The lowest BCUT2D eigenvalue weighted by Gasteiger charge is -2.19. The van der Waals surface area contributed by atoms with Crippen LogP contribution < -0.4 is 10.1 Å². The van der Waals surface area contributed by atoms with Gasteiger partial charge in [-0.25, -0.2) is 14.4 Å². The van der Waals surface area contributed by atoms with E-state index >= 15 is 0 Å². The summed E-state index contributed by atoms with van der Waals surface area (Å²) in [4.78, 5) is 13.6. The van der Waals surface area contributed by atoms with E-state index in [9.17, 15) is 9.50 Å². The molecule has 216 valence electrons. The number of β-amino-alcohol motifs (C(OH)–C–C–N with tert-alkyl or cyclic N) is 1. The monoisotopic (exact) mass is 604 g/mol. The summed E-state index contributed by atoms with van der Waals surface area (Å²) in [6.07, 6.45) is 7.27. The van der Waals surface area contributed by atoms with Gasteiger partial charge in [0.15, 0.2) is 0 Å². The lowest BCUT2D eigenvalue weighted by molar-refractivity contribution is 0.105. The first-order chi connectivity index (χ1) is 20.5. The highest BCUT2D eigenvalue weighted by Gasteiger charge is 2.27. The Hall–Kier alpha value is -3.57. The molecule has 2 aliphatic rings. The van der Waals surface area contributed by atoms with Gasteiger partial charge in [0, 0.05) is 28.9 Å². The summed E-state index contributed by atoms with van der Waals surface area (Å²) in [6.45, 7) is 3.52. The van der Waals surface area contributed by atoms with Crippen molar-refractivity contribution in [3.8, 4) is 16.2 Å². The van der Waals surface area contributed by atoms with Crippen LogP contribution in [0.25, 0.3) is 20.7 Å². The minimum atomic E-state index is -0.446. The number of thiophene rings is 1. The number of aliphatic hydroxyl groups excluding tert-OH is 1. The van der Waals surface area contributed by atoms with Crippen molar-refractivity contribution >= 4 is 44.7 Å². The Bertz CT molecular complexity index is 1750. The molecule has 5 aromatic rings. The van der Waals surface area contributed by atoms with Gasteiger partial charge in [-0.05, 0) is 80.2 Å². The summed E-state index contributed by atoms with van der Waals surface area (Å²) in [5, 5.41) is 20.4. The van der Waals surface area contributed by atoms with Gasteiger partial charge < -0.3 is 20.1 Å². The molecule has 1 saturated heterocycles. The lowest BCUT2D eigenvalue weighted by atomic mass is 9.95. The van der Waals surface area contributed by atoms with Crippen molar-refractivity contribution in [2.24, 2.45) is 0 Å². The van der Waals surface area contributed by atoms with Crippen molar-refractivity contribution in [2.45, 2.75) is 44.9 Å². The van der Waals surface area contributed by atoms with E-state index in [-0.39, 0.29) is 12.4 Å². The van der Waals surface area contributed by atoms with Crippen LogP contribution in [0.4, 0.5) is 15.9 Å². The molecule has 1 fully saturated rings. The Morgan fingerprint density at radius 3 is 2.81 bits per heavy atom. The van der Waals surface area contributed by atoms with Gasteiger partial charge in [-0.3, -0.25) is 4.68 Å². The fourth-order valence-electron chi connectivity index (χ4n) is 5.87. The number of rotatable bonds is 9. The third-order valence-electron chi connectivity index (χ3n) is 7.83. The molecule has 0 spiro atoms. The van der Waals surface area contributed by atoms with E-state index in [1.54, 1.807) is 35.9 Å². The van der Waals surface area contributed by atoms with E-state index in [1.165, 1.54) is 30.5 Å². The Labute approximate surface area is 251 Å². The predicted octanol–water partition coefficient (Wildman–Crippen LogP) is 6.23. The quantitative estimate of drug-likeness (QED) is 0.206. The summed E-state index contributed by atoms with van der Waals surface area (Å²) < 4.78 is 21.2. The molecule has 0 bridgehead atoms. The summed E-state index contributed by atoms with van der Waals surface area (Å²) in [6, 6.07) is 11.8. The maximum absolute atomic E-state index is 13.5. The molecule has 3 aromatic heterocycles. The predicted molar refractivity (Wildman–Crippen MR) is 163 cm³/mol. The highest BCUT2D eigenvalue weighted by Crippen LogP contribution is 2.45. The van der Waals surface area contributed by atoms with Crippen molar-refractivity contribution in [3.05, 3.63) is 82.6 Å². The second-order valence-corrected chi connectivity index (χ2v) is 12.3. The molecule has 1 atom stereocenters. The summed E-state index contributed by atoms with van der Waals surface area (Å²) in [5.74, 6) is 0.937. The van der Waals surface area contributed by atoms with Crippen LogP contribution in [-0.2, 0) is 26.0 Å².